The number of halogens is 1. The van der Waals surface area contributed by atoms with E-state index in [4.69, 9.17) is 11.6 Å². The third-order valence-corrected chi connectivity index (χ3v) is 5.42. The van der Waals surface area contributed by atoms with Crippen molar-refractivity contribution in [2.75, 3.05) is 11.0 Å². The molecule has 7 heteroatoms. The number of nitrogens with one attached hydrogen (secondary N) is 1. The van der Waals surface area contributed by atoms with Gasteiger partial charge in [-0.15, -0.1) is 0 Å². The highest BCUT2D eigenvalue weighted by Crippen LogP contribution is 2.26. The SMILES string of the molecule is Cc1ccc(S(=O)(=O)Nc2cc(Cl)ccc2S(C)=O)cc1. The standard InChI is InChI=1S/C14H14ClNO3S2/c1-10-3-6-12(7-4-10)21(18,19)16-13-9-11(15)5-8-14(13)20(2)17/h3-9,16H,1-2H3. The molecule has 2 aromatic rings. The van der Waals surface area contributed by atoms with Gasteiger partial charge in [0.25, 0.3) is 10.0 Å². The molecule has 0 saturated heterocycles. The maximum atomic E-state index is 12.3. The molecule has 4 nitrogen and oxygen atoms in total. The van der Waals surface area contributed by atoms with E-state index in [-0.39, 0.29) is 10.6 Å². The quantitative estimate of drug-likeness (QED) is 0.927. The van der Waals surface area contributed by atoms with E-state index in [0.717, 1.165) is 5.56 Å². The van der Waals surface area contributed by atoms with Gasteiger partial charge >= 0.3 is 0 Å². The molecule has 2 rings (SSSR count). The van der Waals surface area contributed by atoms with E-state index in [1.54, 1.807) is 24.3 Å². The number of hydrogen-bond acceptors (Lipinski definition) is 3. The van der Waals surface area contributed by atoms with Crippen LogP contribution in [0, 0.1) is 6.92 Å². The van der Waals surface area contributed by atoms with Crippen molar-refractivity contribution in [3.8, 4) is 0 Å². The van der Waals surface area contributed by atoms with E-state index in [1.165, 1.54) is 24.5 Å². The van der Waals surface area contributed by atoms with Crippen LogP contribution in [0.1, 0.15) is 5.56 Å². The second-order valence-electron chi connectivity index (χ2n) is 4.51. The van der Waals surface area contributed by atoms with Gasteiger partial charge in [0.05, 0.1) is 26.3 Å². The molecule has 0 bridgehead atoms. The molecule has 0 radical (unpaired) electrons. The van der Waals surface area contributed by atoms with Gasteiger partial charge in [0.2, 0.25) is 0 Å². The summed E-state index contributed by atoms with van der Waals surface area (Å²) in [5.41, 5.74) is 1.19. The first-order valence-electron chi connectivity index (χ1n) is 6.02. The van der Waals surface area contributed by atoms with Crippen LogP contribution in [0.15, 0.2) is 52.3 Å². The van der Waals surface area contributed by atoms with Crippen LogP contribution in [0.3, 0.4) is 0 Å². The maximum Gasteiger partial charge on any atom is 0.261 e. The Morgan fingerprint density at radius 2 is 1.71 bits per heavy atom. The summed E-state index contributed by atoms with van der Waals surface area (Å²) in [5.74, 6) is 0. The highest BCUT2D eigenvalue weighted by Gasteiger charge is 2.17. The molecule has 0 aliphatic rings. The molecule has 0 saturated carbocycles. The highest BCUT2D eigenvalue weighted by molar-refractivity contribution is 7.92. The van der Waals surface area contributed by atoms with Crippen molar-refractivity contribution >= 4 is 38.1 Å². The van der Waals surface area contributed by atoms with E-state index in [1.807, 2.05) is 6.92 Å². The van der Waals surface area contributed by atoms with Crippen LogP contribution in [0.2, 0.25) is 5.02 Å². The van der Waals surface area contributed by atoms with E-state index in [2.05, 4.69) is 4.72 Å². The molecule has 0 heterocycles. The zero-order valence-corrected chi connectivity index (χ0v) is 13.8. The Morgan fingerprint density at radius 3 is 2.29 bits per heavy atom. The van der Waals surface area contributed by atoms with Crippen molar-refractivity contribution in [1.82, 2.24) is 0 Å². The van der Waals surface area contributed by atoms with Crippen molar-refractivity contribution in [3.05, 3.63) is 53.1 Å². The van der Waals surface area contributed by atoms with Crippen LogP contribution in [-0.4, -0.2) is 18.9 Å². The number of sulfonamides is 1. The van der Waals surface area contributed by atoms with E-state index in [9.17, 15) is 12.6 Å². The summed E-state index contributed by atoms with van der Waals surface area (Å²) in [5, 5.41) is 0.366. The number of aryl methyl sites for hydroxylation is 1. The van der Waals surface area contributed by atoms with Gasteiger partial charge in [0, 0.05) is 11.3 Å². The lowest BCUT2D eigenvalue weighted by atomic mass is 10.2. The zero-order valence-electron chi connectivity index (χ0n) is 11.5. The summed E-state index contributed by atoms with van der Waals surface area (Å²) in [6.07, 6.45) is 1.48. The monoisotopic (exact) mass is 343 g/mol. The van der Waals surface area contributed by atoms with Gasteiger partial charge in [-0.25, -0.2) is 8.42 Å². The molecule has 0 aliphatic carbocycles. The molecule has 0 aliphatic heterocycles. The minimum atomic E-state index is -3.75. The van der Waals surface area contributed by atoms with Crippen molar-refractivity contribution in [2.45, 2.75) is 16.7 Å². The lowest BCUT2D eigenvalue weighted by Crippen LogP contribution is -2.14. The van der Waals surface area contributed by atoms with Gasteiger partial charge in [0.1, 0.15) is 0 Å². The number of anilines is 1. The van der Waals surface area contributed by atoms with Gasteiger partial charge < -0.3 is 0 Å². The van der Waals surface area contributed by atoms with Crippen LogP contribution in [0.4, 0.5) is 5.69 Å². The Balaban J connectivity index is 2.43. The first kappa shape index (κ1) is 16.0. The highest BCUT2D eigenvalue weighted by atomic mass is 35.5. The van der Waals surface area contributed by atoms with Crippen LogP contribution in [-0.2, 0) is 20.8 Å². The Hall–Kier alpha value is -1.37. The minimum Gasteiger partial charge on any atom is -0.278 e. The summed E-state index contributed by atoms with van der Waals surface area (Å²) in [6, 6.07) is 11.0. The number of hydrogen-bond donors (Lipinski definition) is 1. The minimum absolute atomic E-state index is 0.140. The molecule has 0 fully saturated rings. The fraction of sp³-hybridized carbons (Fsp3) is 0.143. The van der Waals surface area contributed by atoms with E-state index >= 15 is 0 Å². The molecule has 1 unspecified atom stereocenters. The first-order chi connectivity index (χ1) is 9.79. The topological polar surface area (TPSA) is 63.2 Å². The normalized spacial score (nSPS) is 12.9. The van der Waals surface area contributed by atoms with Crippen molar-refractivity contribution in [3.63, 3.8) is 0 Å². The molecular formula is C14H14ClNO3S2. The Morgan fingerprint density at radius 1 is 1.10 bits per heavy atom. The van der Waals surface area contributed by atoms with Crippen LogP contribution >= 0.6 is 11.6 Å². The lowest BCUT2D eigenvalue weighted by molar-refractivity contribution is 0.601. The summed E-state index contributed by atoms with van der Waals surface area (Å²) >= 11 is 5.88. The smallest absolute Gasteiger partial charge is 0.261 e. The van der Waals surface area contributed by atoms with Gasteiger partial charge in [-0.1, -0.05) is 29.3 Å². The first-order valence-corrected chi connectivity index (χ1v) is 9.44. The average molecular weight is 344 g/mol. The molecule has 2 aromatic carbocycles. The van der Waals surface area contributed by atoms with E-state index < -0.39 is 20.8 Å². The van der Waals surface area contributed by atoms with Gasteiger partial charge in [0.15, 0.2) is 0 Å². The third-order valence-electron chi connectivity index (χ3n) is 2.83. The van der Waals surface area contributed by atoms with E-state index in [0.29, 0.717) is 9.92 Å². The Labute approximate surface area is 131 Å². The molecule has 21 heavy (non-hydrogen) atoms. The molecular weight excluding hydrogens is 330 g/mol. The van der Waals surface area contributed by atoms with Crippen molar-refractivity contribution in [1.29, 1.82) is 0 Å². The van der Waals surface area contributed by atoms with Crippen LogP contribution in [0.5, 0.6) is 0 Å². The maximum absolute atomic E-state index is 12.3. The van der Waals surface area contributed by atoms with Crippen molar-refractivity contribution in [2.24, 2.45) is 0 Å². The summed E-state index contributed by atoms with van der Waals surface area (Å²) < 4.78 is 38.8. The zero-order chi connectivity index (χ0) is 15.6. The predicted molar refractivity (Wildman–Crippen MR) is 85.8 cm³/mol. The number of benzene rings is 2. The van der Waals surface area contributed by atoms with Gasteiger partial charge in [-0.2, -0.15) is 0 Å². The molecule has 1 N–H and O–H groups in total. The fourth-order valence-corrected chi connectivity index (χ4v) is 3.74. The predicted octanol–water partition coefficient (Wildman–Crippen LogP) is 3.19. The van der Waals surface area contributed by atoms with Gasteiger partial charge in [-0.05, 0) is 37.3 Å². The fourth-order valence-electron chi connectivity index (χ4n) is 1.75. The van der Waals surface area contributed by atoms with Gasteiger partial charge in [-0.3, -0.25) is 8.93 Å². The van der Waals surface area contributed by atoms with Crippen LogP contribution < -0.4 is 4.72 Å². The van der Waals surface area contributed by atoms with Crippen molar-refractivity contribution < 1.29 is 12.6 Å². The average Bonchev–Trinajstić information content (AvgIpc) is 2.38. The Kier molecular flexibility index (Phi) is 4.70. The molecule has 0 spiro atoms. The largest absolute Gasteiger partial charge is 0.278 e. The molecule has 1 atom stereocenters. The second-order valence-corrected chi connectivity index (χ2v) is 7.98. The number of rotatable bonds is 4. The molecule has 0 aromatic heterocycles. The summed E-state index contributed by atoms with van der Waals surface area (Å²) in [7, 11) is -5.08. The summed E-state index contributed by atoms with van der Waals surface area (Å²) in [6.45, 7) is 1.87. The Bertz CT molecular complexity index is 786. The molecule has 0 amide bonds. The van der Waals surface area contributed by atoms with Crippen LogP contribution in [0.25, 0.3) is 0 Å². The second kappa shape index (κ2) is 6.17. The third kappa shape index (κ3) is 3.84. The summed E-state index contributed by atoms with van der Waals surface area (Å²) in [4.78, 5) is 0.524. The lowest BCUT2D eigenvalue weighted by Gasteiger charge is -2.12. The molecule has 112 valence electrons.